The number of aromatic nitrogens is 1. The van der Waals surface area contributed by atoms with E-state index < -0.39 is 0 Å². The molecular formula is C15H19BrN2OS. The molecule has 108 valence electrons. The third kappa shape index (κ3) is 4.89. The number of hydrogen-bond donors (Lipinski definition) is 1. The summed E-state index contributed by atoms with van der Waals surface area (Å²) in [5.41, 5.74) is 1.16. The Balaban J connectivity index is 1.99. The van der Waals surface area contributed by atoms with Crippen LogP contribution in [0.5, 0.6) is 5.75 Å². The van der Waals surface area contributed by atoms with Crippen LogP contribution in [0.2, 0.25) is 0 Å². The van der Waals surface area contributed by atoms with E-state index >= 15 is 0 Å². The molecule has 1 aromatic carbocycles. The summed E-state index contributed by atoms with van der Waals surface area (Å²) in [7, 11) is 0. The van der Waals surface area contributed by atoms with Gasteiger partial charge in [-0.15, -0.1) is 11.3 Å². The first-order valence-corrected chi connectivity index (χ1v) is 8.32. The monoisotopic (exact) mass is 354 g/mol. The molecule has 0 aliphatic heterocycles. The van der Waals surface area contributed by atoms with Crippen LogP contribution < -0.4 is 10.1 Å². The van der Waals surface area contributed by atoms with Gasteiger partial charge in [-0.25, -0.2) is 4.98 Å². The van der Waals surface area contributed by atoms with Gasteiger partial charge in [-0.1, -0.05) is 29.8 Å². The van der Waals surface area contributed by atoms with Crippen molar-refractivity contribution in [3.63, 3.8) is 0 Å². The van der Waals surface area contributed by atoms with Gasteiger partial charge >= 0.3 is 0 Å². The Labute approximate surface area is 132 Å². The number of benzene rings is 1. The standard InChI is InChI=1S/C15H19BrN2OS/c1-11(2)8-17-9-12-7-13(16)3-4-14(12)19-10-15-18-5-6-20-15/h3-7,11,17H,8-10H2,1-2H3. The summed E-state index contributed by atoms with van der Waals surface area (Å²) in [6.07, 6.45) is 1.80. The molecule has 0 fully saturated rings. The summed E-state index contributed by atoms with van der Waals surface area (Å²) in [6, 6.07) is 6.11. The van der Waals surface area contributed by atoms with Gasteiger partial charge in [-0.05, 0) is 30.7 Å². The van der Waals surface area contributed by atoms with E-state index in [9.17, 15) is 0 Å². The van der Waals surface area contributed by atoms with Crippen LogP contribution in [0.1, 0.15) is 24.4 Å². The zero-order valence-electron chi connectivity index (χ0n) is 11.7. The molecule has 20 heavy (non-hydrogen) atoms. The van der Waals surface area contributed by atoms with Gasteiger partial charge in [0.15, 0.2) is 0 Å². The third-order valence-corrected chi connectivity index (χ3v) is 3.97. The van der Waals surface area contributed by atoms with E-state index in [4.69, 9.17) is 4.74 Å². The average Bonchev–Trinajstić information content (AvgIpc) is 2.90. The van der Waals surface area contributed by atoms with Crippen molar-refractivity contribution in [2.24, 2.45) is 5.92 Å². The van der Waals surface area contributed by atoms with Crippen LogP contribution in [-0.2, 0) is 13.2 Å². The number of thiazole rings is 1. The summed E-state index contributed by atoms with van der Waals surface area (Å²) < 4.78 is 6.95. The molecule has 1 aromatic heterocycles. The molecule has 1 heterocycles. The van der Waals surface area contributed by atoms with Crippen molar-refractivity contribution in [3.05, 3.63) is 44.8 Å². The number of halogens is 1. The lowest BCUT2D eigenvalue weighted by atomic mass is 10.2. The van der Waals surface area contributed by atoms with E-state index in [1.54, 1.807) is 17.5 Å². The van der Waals surface area contributed by atoms with Gasteiger partial charge in [-0.2, -0.15) is 0 Å². The number of ether oxygens (including phenoxy) is 1. The van der Waals surface area contributed by atoms with Gasteiger partial charge in [0.25, 0.3) is 0 Å². The smallest absolute Gasteiger partial charge is 0.140 e. The maximum Gasteiger partial charge on any atom is 0.140 e. The van der Waals surface area contributed by atoms with Crippen LogP contribution >= 0.6 is 27.3 Å². The van der Waals surface area contributed by atoms with Gasteiger partial charge < -0.3 is 10.1 Å². The SMILES string of the molecule is CC(C)CNCc1cc(Br)ccc1OCc1nccs1. The highest BCUT2D eigenvalue weighted by Crippen LogP contribution is 2.24. The van der Waals surface area contributed by atoms with Gasteiger partial charge in [-0.3, -0.25) is 0 Å². The number of rotatable bonds is 7. The first-order chi connectivity index (χ1) is 9.65. The van der Waals surface area contributed by atoms with Gasteiger partial charge in [0.05, 0.1) is 0 Å². The zero-order chi connectivity index (χ0) is 14.4. The van der Waals surface area contributed by atoms with Crippen molar-refractivity contribution in [2.75, 3.05) is 6.54 Å². The van der Waals surface area contributed by atoms with Gasteiger partial charge in [0.1, 0.15) is 17.4 Å². The quantitative estimate of drug-likeness (QED) is 0.807. The molecule has 0 bridgehead atoms. The number of nitrogens with one attached hydrogen (secondary N) is 1. The molecule has 0 spiro atoms. The Kier molecular flexibility index (Phi) is 6.01. The van der Waals surface area contributed by atoms with Crippen LogP contribution in [0.15, 0.2) is 34.2 Å². The summed E-state index contributed by atoms with van der Waals surface area (Å²) in [5, 5.41) is 6.41. The van der Waals surface area contributed by atoms with Crippen LogP contribution in [-0.4, -0.2) is 11.5 Å². The highest BCUT2D eigenvalue weighted by molar-refractivity contribution is 9.10. The Morgan fingerprint density at radius 1 is 1.40 bits per heavy atom. The molecule has 0 unspecified atom stereocenters. The second-order valence-corrected chi connectivity index (χ2v) is 6.89. The minimum absolute atomic E-state index is 0.524. The molecule has 0 amide bonds. The lowest BCUT2D eigenvalue weighted by Gasteiger charge is -2.13. The highest BCUT2D eigenvalue weighted by Gasteiger charge is 2.06. The zero-order valence-corrected chi connectivity index (χ0v) is 14.1. The normalized spacial score (nSPS) is 11.0. The molecule has 3 nitrogen and oxygen atoms in total. The fraction of sp³-hybridized carbons (Fsp3) is 0.400. The van der Waals surface area contributed by atoms with Crippen molar-refractivity contribution >= 4 is 27.3 Å². The fourth-order valence-electron chi connectivity index (χ4n) is 1.79. The first-order valence-electron chi connectivity index (χ1n) is 6.65. The van der Waals surface area contributed by atoms with Crippen molar-refractivity contribution in [1.29, 1.82) is 0 Å². The molecule has 1 N–H and O–H groups in total. The fourth-order valence-corrected chi connectivity index (χ4v) is 2.72. The van der Waals surface area contributed by atoms with Crippen LogP contribution in [0, 0.1) is 5.92 Å². The second-order valence-electron chi connectivity index (χ2n) is 4.99. The molecule has 0 saturated carbocycles. The lowest BCUT2D eigenvalue weighted by Crippen LogP contribution is -2.19. The van der Waals surface area contributed by atoms with Crippen LogP contribution in [0.3, 0.4) is 0 Å². The van der Waals surface area contributed by atoms with Gasteiger partial charge in [0.2, 0.25) is 0 Å². The highest BCUT2D eigenvalue weighted by atomic mass is 79.9. The maximum absolute atomic E-state index is 5.88. The largest absolute Gasteiger partial charge is 0.486 e. The van der Waals surface area contributed by atoms with E-state index in [1.807, 2.05) is 17.5 Å². The Morgan fingerprint density at radius 2 is 2.25 bits per heavy atom. The Bertz CT molecular complexity index is 529. The number of nitrogens with zero attached hydrogens (tertiary/aromatic N) is 1. The van der Waals surface area contributed by atoms with Gasteiger partial charge in [0, 0.05) is 28.2 Å². The molecule has 0 radical (unpaired) electrons. The predicted octanol–water partition coefficient (Wildman–Crippen LogP) is 4.23. The molecule has 0 atom stereocenters. The summed E-state index contributed by atoms with van der Waals surface area (Å²) >= 11 is 5.13. The van der Waals surface area contributed by atoms with Crippen molar-refractivity contribution < 1.29 is 4.74 Å². The van der Waals surface area contributed by atoms with Crippen LogP contribution in [0.25, 0.3) is 0 Å². The van der Waals surface area contributed by atoms with E-state index in [2.05, 4.69) is 46.1 Å². The Morgan fingerprint density at radius 3 is 2.95 bits per heavy atom. The molecular weight excluding hydrogens is 336 g/mol. The molecule has 2 rings (SSSR count). The summed E-state index contributed by atoms with van der Waals surface area (Å²) in [4.78, 5) is 4.23. The van der Waals surface area contributed by atoms with E-state index in [0.717, 1.165) is 33.9 Å². The summed E-state index contributed by atoms with van der Waals surface area (Å²) in [5.74, 6) is 1.56. The van der Waals surface area contributed by atoms with Crippen molar-refractivity contribution in [2.45, 2.75) is 27.0 Å². The maximum atomic E-state index is 5.88. The van der Waals surface area contributed by atoms with Crippen molar-refractivity contribution in [1.82, 2.24) is 10.3 Å². The lowest BCUT2D eigenvalue weighted by molar-refractivity contribution is 0.301. The topological polar surface area (TPSA) is 34.1 Å². The Hall–Kier alpha value is -0.910. The minimum Gasteiger partial charge on any atom is -0.486 e. The van der Waals surface area contributed by atoms with E-state index in [0.29, 0.717) is 12.5 Å². The molecule has 5 heteroatoms. The number of hydrogen-bond acceptors (Lipinski definition) is 4. The second kappa shape index (κ2) is 7.76. The molecule has 0 aliphatic carbocycles. The minimum atomic E-state index is 0.524. The predicted molar refractivity (Wildman–Crippen MR) is 87.1 cm³/mol. The molecule has 0 saturated heterocycles. The summed E-state index contributed by atoms with van der Waals surface area (Å²) in [6.45, 7) is 6.74. The van der Waals surface area contributed by atoms with Crippen molar-refractivity contribution in [3.8, 4) is 5.75 Å². The average molecular weight is 355 g/mol. The molecule has 0 aliphatic rings. The molecule has 2 aromatic rings. The first kappa shape index (κ1) is 15.5. The van der Waals surface area contributed by atoms with E-state index in [-0.39, 0.29) is 0 Å². The van der Waals surface area contributed by atoms with E-state index in [1.165, 1.54) is 0 Å². The van der Waals surface area contributed by atoms with Crippen LogP contribution in [0.4, 0.5) is 0 Å². The third-order valence-electron chi connectivity index (χ3n) is 2.73.